The number of hydrogen-bond donors (Lipinski definition) is 2. The van der Waals surface area contributed by atoms with Crippen LogP contribution in [0.3, 0.4) is 0 Å². The molecule has 0 saturated carbocycles. The Kier molecular flexibility index (Phi) is 6.01. The molecule has 3 N–H and O–H groups in total. The molecule has 0 bridgehead atoms. The molecule has 0 aliphatic rings. The van der Waals surface area contributed by atoms with Crippen molar-refractivity contribution in [2.45, 2.75) is 39.3 Å². The van der Waals surface area contributed by atoms with Crippen molar-refractivity contribution >= 4 is 0 Å². The van der Waals surface area contributed by atoms with Gasteiger partial charge in [0.2, 0.25) is 0 Å². The lowest BCUT2D eigenvalue weighted by Gasteiger charge is -2.15. The topological polar surface area (TPSA) is 47.3 Å². The summed E-state index contributed by atoms with van der Waals surface area (Å²) in [6, 6.07) is 8.62. The van der Waals surface area contributed by atoms with E-state index < -0.39 is 0 Å². The van der Waals surface area contributed by atoms with E-state index in [1.807, 2.05) is 26.0 Å². The van der Waals surface area contributed by atoms with Gasteiger partial charge in [-0.15, -0.1) is 0 Å². The van der Waals surface area contributed by atoms with Crippen LogP contribution in [0.1, 0.15) is 38.8 Å². The first-order valence-corrected chi connectivity index (χ1v) is 6.33. The fourth-order valence-corrected chi connectivity index (χ4v) is 1.65. The Bertz CT molecular complexity index is 309. The Hall–Kier alpha value is -1.06. The van der Waals surface area contributed by atoms with Crippen LogP contribution in [-0.2, 0) is 0 Å². The molecule has 1 atom stereocenters. The second-order valence-electron chi connectivity index (χ2n) is 4.55. The first-order chi connectivity index (χ1) is 8.13. The minimum absolute atomic E-state index is 0.223. The summed E-state index contributed by atoms with van der Waals surface area (Å²) in [7, 11) is 0. The number of benzene rings is 1. The lowest BCUT2D eigenvalue weighted by molar-refractivity contribution is 0.242. The molecule has 0 aromatic heterocycles. The Morgan fingerprint density at radius 2 is 1.82 bits per heavy atom. The van der Waals surface area contributed by atoms with Crippen molar-refractivity contribution in [2.24, 2.45) is 5.73 Å². The fourth-order valence-electron chi connectivity index (χ4n) is 1.65. The van der Waals surface area contributed by atoms with E-state index in [1.165, 1.54) is 5.56 Å². The Morgan fingerprint density at radius 3 is 2.35 bits per heavy atom. The van der Waals surface area contributed by atoms with E-state index in [2.05, 4.69) is 24.4 Å². The van der Waals surface area contributed by atoms with Crippen LogP contribution in [-0.4, -0.2) is 19.2 Å². The molecule has 0 amide bonds. The van der Waals surface area contributed by atoms with E-state index >= 15 is 0 Å². The molecule has 0 radical (unpaired) electrons. The number of rotatable bonds is 7. The van der Waals surface area contributed by atoms with Gasteiger partial charge in [-0.2, -0.15) is 0 Å². The van der Waals surface area contributed by atoms with Gasteiger partial charge < -0.3 is 15.8 Å². The molecule has 0 aliphatic carbocycles. The van der Waals surface area contributed by atoms with Gasteiger partial charge in [0.05, 0.1) is 6.10 Å². The van der Waals surface area contributed by atoms with Gasteiger partial charge in [0, 0.05) is 6.04 Å². The standard InChI is InChI=1S/C14H24N2O/c1-11(2)17-14-7-5-13(6-8-14)12(3)16-10-4-9-15/h5-8,11-12,16H,4,9-10,15H2,1-3H3. The lowest BCUT2D eigenvalue weighted by Crippen LogP contribution is -2.21. The molecule has 0 heterocycles. The van der Waals surface area contributed by atoms with Crippen molar-refractivity contribution in [2.75, 3.05) is 13.1 Å². The second-order valence-corrected chi connectivity index (χ2v) is 4.55. The molecule has 0 fully saturated rings. The highest BCUT2D eigenvalue weighted by molar-refractivity contribution is 5.29. The summed E-state index contributed by atoms with van der Waals surface area (Å²) in [5, 5.41) is 3.44. The van der Waals surface area contributed by atoms with Crippen LogP contribution in [0.4, 0.5) is 0 Å². The van der Waals surface area contributed by atoms with Crippen LogP contribution in [0.15, 0.2) is 24.3 Å². The molecule has 17 heavy (non-hydrogen) atoms. The maximum atomic E-state index is 5.61. The van der Waals surface area contributed by atoms with E-state index in [4.69, 9.17) is 10.5 Å². The van der Waals surface area contributed by atoms with E-state index in [0.717, 1.165) is 25.3 Å². The summed E-state index contributed by atoms with van der Waals surface area (Å²) in [5.74, 6) is 0.929. The highest BCUT2D eigenvalue weighted by Crippen LogP contribution is 2.18. The van der Waals surface area contributed by atoms with Crippen LogP contribution >= 0.6 is 0 Å². The van der Waals surface area contributed by atoms with Crippen LogP contribution in [0.25, 0.3) is 0 Å². The number of nitrogens with two attached hydrogens (primary N) is 1. The number of ether oxygens (including phenoxy) is 1. The van der Waals surface area contributed by atoms with Gasteiger partial charge in [-0.25, -0.2) is 0 Å². The van der Waals surface area contributed by atoms with Gasteiger partial charge in [-0.1, -0.05) is 12.1 Å². The van der Waals surface area contributed by atoms with E-state index in [1.54, 1.807) is 0 Å². The van der Waals surface area contributed by atoms with Crippen LogP contribution in [0.2, 0.25) is 0 Å². The van der Waals surface area contributed by atoms with Crippen molar-refractivity contribution < 1.29 is 4.74 Å². The van der Waals surface area contributed by atoms with Crippen molar-refractivity contribution in [3.63, 3.8) is 0 Å². The van der Waals surface area contributed by atoms with E-state index in [9.17, 15) is 0 Å². The predicted molar refractivity (Wildman–Crippen MR) is 72.3 cm³/mol. The van der Waals surface area contributed by atoms with Crippen LogP contribution in [0.5, 0.6) is 5.75 Å². The molecule has 0 aliphatic heterocycles. The summed E-state index contributed by atoms with van der Waals surface area (Å²) >= 11 is 0. The van der Waals surface area contributed by atoms with Crippen LogP contribution in [0, 0.1) is 0 Å². The zero-order chi connectivity index (χ0) is 12.7. The summed E-state index contributed by atoms with van der Waals surface area (Å²) in [6.45, 7) is 7.92. The lowest BCUT2D eigenvalue weighted by atomic mass is 10.1. The summed E-state index contributed by atoms with van der Waals surface area (Å²) < 4.78 is 5.61. The van der Waals surface area contributed by atoms with Crippen LogP contribution < -0.4 is 15.8 Å². The monoisotopic (exact) mass is 236 g/mol. The van der Waals surface area contributed by atoms with Gasteiger partial charge in [0.1, 0.15) is 5.75 Å². The zero-order valence-corrected chi connectivity index (χ0v) is 11.1. The predicted octanol–water partition coefficient (Wildman–Crippen LogP) is 2.47. The van der Waals surface area contributed by atoms with E-state index in [0.29, 0.717) is 6.04 Å². The smallest absolute Gasteiger partial charge is 0.119 e. The highest BCUT2D eigenvalue weighted by atomic mass is 16.5. The average molecular weight is 236 g/mol. The molecule has 1 unspecified atom stereocenters. The van der Waals surface area contributed by atoms with Crippen molar-refractivity contribution in [1.29, 1.82) is 0 Å². The third kappa shape index (κ3) is 5.20. The van der Waals surface area contributed by atoms with Gasteiger partial charge in [0.25, 0.3) is 0 Å². The SMILES string of the molecule is CC(C)Oc1ccc(C(C)NCCCN)cc1. The normalized spacial score (nSPS) is 12.8. The minimum atomic E-state index is 0.223. The first-order valence-electron chi connectivity index (χ1n) is 6.33. The largest absolute Gasteiger partial charge is 0.491 e. The second kappa shape index (κ2) is 7.30. The quantitative estimate of drug-likeness (QED) is 0.715. The molecule has 1 aromatic carbocycles. The maximum Gasteiger partial charge on any atom is 0.119 e. The summed E-state index contributed by atoms with van der Waals surface area (Å²) in [5.41, 5.74) is 6.74. The molecular formula is C14H24N2O. The number of hydrogen-bond acceptors (Lipinski definition) is 3. The highest BCUT2D eigenvalue weighted by Gasteiger charge is 2.04. The Labute approximate surface area is 104 Å². The first kappa shape index (κ1) is 14.0. The minimum Gasteiger partial charge on any atom is -0.491 e. The summed E-state index contributed by atoms with van der Waals surface area (Å²) in [6.07, 6.45) is 1.24. The fraction of sp³-hybridized carbons (Fsp3) is 0.571. The Balaban J connectivity index is 2.48. The number of nitrogens with one attached hydrogen (secondary N) is 1. The van der Waals surface area contributed by atoms with Crippen molar-refractivity contribution in [1.82, 2.24) is 5.32 Å². The van der Waals surface area contributed by atoms with Gasteiger partial charge >= 0.3 is 0 Å². The van der Waals surface area contributed by atoms with Gasteiger partial charge in [0.15, 0.2) is 0 Å². The molecule has 0 spiro atoms. The van der Waals surface area contributed by atoms with Gasteiger partial charge in [-0.3, -0.25) is 0 Å². The molecule has 3 nitrogen and oxygen atoms in total. The summed E-state index contributed by atoms with van der Waals surface area (Å²) in [4.78, 5) is 0. The Morgan fingerprint density at radius 1 is 1.18 bits per heavy atom. The molecule has 1 rings (SSSR count). The van der Waals surface area contributed by atoms with Crippen molar-refractivity contribution in [3.05, 3.63) is 29.8 Å². The van der Waals surface area contributed by atoms with Gasteiger partial charge in [-0.05, 0) is 58.0 Å². The molecular weight excluding hydrogens is 212 g/mol. The zero-order valence-electron chi connectivity index (χ0n) is 11.1. The molecule has 96 valence electrons. The third-order valence-corrected chi connectivity index (χ3v) is 2.58. The average Bonchev–Trinajstić information content (AvgIpc) is 2.29. The van der Waals surface area contributed by atoms with Crippen molar-refractivity contribution in [3.8, 4) is 5.75 Å². The maximum absolute atomic E-state index is 5.61. The molecule has 0 saturated heterocycles. The molecule has 1 aromatic rings. The van der Waals surface area contributed by atoms with E-state index in [-0.39, 0.29) is 6.10 Å². The third-order valence-electron chi connectivity index (χ3n) is 2.58. The molecule has 3 heteroatoms.